The van der Waals surface area contributed by atoms with E-state index in [0.29, 0.717) is 17.9 Å². The Labute approximate surface area is 187 Å². The predicted molar refractivity (Wildman–Crippen MR) is 130 cm³/mol. The summed E-state index contributed by atoms with van der Waals surface area (Å²) in [6.07, 6.45) is 9.18. The zero-order valence-electron chi connectivity index (χ0n) is 17.8. The van der Waals surface area contributed by atoms with Crippen molar-refractivity contribution in [3.8, 4) is 0 Å². The molecule has 0 aliphatic carbocycles. The van der Waals surface area contributed by atoms with Gasteiger partial charge in [-0.25, -0.2) is 0 Å². The minimum atomic E-state index is 0. The number of nitrogens with zero attached hydrogens (tertiary/aromatic N) is 5. The molecule has 2 unspecified atom stereocenters. The van der Waals surface area contributed by atoms with E-state index in [1.165, 1.54) is 5.56 Å². The molecule has 28 heavy (non-hydrogen) atoms. The first kappa shape index (κ1) is 24.7. The maximum Gasteiger partial charge on any atom is 0.193 e. The van der Waals surface area contributed by atoms with E-state index in [1.807, 2.05) is 37.1 Å². The van der Waals surface area contributed by atoms with Gasteiger partial charge in [0.05, 0.1) is 6.20 Å². The van der Waals surface area contributed by atoms with E-state index in [9.17, 15) is 0 Å². The molecule has 0 bridgehead atoms. The van der Waals surface area contributed by atoms with E-state index in [4.69, 9.17) is 0 Å². The van der Waals surface area contributed by atoms with Crippen LogP contribution in [0.2, 0.25) is 0 Å². The van der Waals surface area contributed by atoms with Crippen molar-refractivity contribution in [3.05, 3.63) is 43.3 Å². The molecule has 2 atom stereocenters. The van der Waals surface area contributed by atoms with Crippen LogP contribution in [-0.2, 0) is 7.05 Å². The molecule has 0 amide bonds. The fourth-order valence-electron chi connectivity index (χ4n) is 3.87. The summed E-state index contributed by atoms with van der Waals surface area (Å²) in [7, 11) is 3.84. The fourth-order valence-corrected chi connectivity index (χ4v) is 3.87. The Morgan fingerprint density at radius 1 is 1.39 bits per heavy atom. The number of nitrogens with one attached hydrogen (secondary N) is 1. The molecule has 2 rings (SSSR count). The second-order valence-electron chi connectivity index (χ2n) is 7.65. The Kier molecular flexibility index (Phi) is 10.8. The van der Waals surface area contributed by atoms with Crippen LogP contribution in [-0.4, -0.2) is 71.4 Å². The number of halogens is 1. The SMILES string of the molecule is C=CCN(CC=C)C(CNC(=NC)N1CCC(c2cnn(C)c2)C1)C(C)C.I. The van der Waals surface area contributed by atoms with Crippen molar-refractivity contribution in [2.45, 2.75) is 32.2 Å². The summed E-state index contributed by atoms with van der Waals surface area (Å²) in [4.78, 5) is 9.31. The molecule has 0 spiro atoms. The average Bonchev–Trinajstić information content (AvgIpc) is 3.27. The highest BCUT2D eigenvalue weighted by molar-refractivity contribution is 14.0. The van der Waals surface area contributed by atoms with Crippen LogP contribution in [0.15, 0.2) is 42.7 Å². The third-order valence-electron chi connectivity index (χ3n) is 5.33. The first-order valence-corrected chi connectivity index (χ1v) is 9.90. The molecule has 1 aliphatic rings. The Bertz CT molecular complexity index is 629. The second kappa shape index (κ2) is 12.3. The lowest BCUT2D eigenvalue weighted by atomic mass is 10.0. The second-order valence-corrected chi connectivity index (χ2v) is 7.65. The molecule has 1 aromatic rings. The monoisotopic (exact) mass is 500 g/mol. The molecule has 158 valence electrons. The van der Waals surface area contributed by atoms with Crippen LogP contribution in [0.3, 0.4) is 0 Å². The minimum Gasteiger partial charge on any atom is -0.355 e. The molecule has 1 N–H and O–H groups in total. The zero-order valence-corrected chi connectivity index (χ0v) is 20.2. The molecule has 0 aromatic carbocycles. The van der Waals surface area contributed by atoms with Crippen LogP contribution in [0.25, 0.3) is 0 Å². The maximum atomic E-state index is 4.54. The fraction of sp³-hybridized carbons (Fsp3) is 0.619. The van der Waals surface area contributed by atoms with Crippen LogP contribution in [0.1, 0.15) is 31.7 Å². The average molecular weight is 500 g/mol. The van der Waals surface area contributed by atoms with Crippen molar-refractivity contribution >= 4 is 29.9 Å². The third kappa shape index (κ3) is 6.62. The zero-order chi connectivity index (χ0) is 19.8. The molecular weight excluding hydrogens is 463 g/mol. The number of aliphatic imine (C=N–C) groups is 1. The van der Waals surface area contributed by atoms with Gasteiger partial charge < -0.3 is 10.2 Å². The van der Waals surface area contributed by atoms with E-state index in [2.05, 4.69) is 58.4 Å². The molecule has 1 aliphatic heterocycles. The Hall–Kier alpha value is -1.35. The number of hydrogen-bond acceptors (Lipinski definition) is 3. The van der Waals surface area contributed by atoms with Gasteiger partial charge in [-0.2, -0.15) is 5.10 Å². The van der Waals surface area contributed by atoms with Gasteiger partial charge in [0.15, 0.2) is 5.96 Å². The first-order chi connectivity index (χ1) is 13.0. The number of rotatable bonds is 9. The van der Waals surface area contributed by atoms with Gasteiger partial charge in [-0.05, 0) is 17.9 Å². The standard InChI is InChI=1S/C21H36N6.HI/c1-7-10-26(11-8-2)20(17(3)4)14-23-21(22-5)27-12-9-18(16-27)19-13-24-25(6)15-19;/h7-8,13,15,17-18,20H,1-2,9-12,14,16H2,3-6H3,(H,22,23);1H. The van der Waals surface area contributed by atoms with Gasteiger partial charge in [0.25, 0.3) is 0 Å². The van der Waals surface area contributed by atoms with Crippen LogP contribution >= 0.6 is 24.0 Å². The van der Waals surface area contributed by atoms with Gasteiger partial charge in [-0.1, -0.05) is 26.0 Å². The molecule has 7 heteroatoms. The highest BCUT2D eigenvalue weighted by atomic mass is 127. The predicted octanol–water partition coefficient (Wildman–Crippen LogP) is 3.10. The Morgan fingerprint density at radius 3 is 2.57 bits per heavy atom. The summed E-state index contributed by atoms with van der Waals surface area (Å²) >= 11 is 0. The van der Waals surface area contributed by atoms with Gasteiger partial charge in [-0.15, -0.1) is 37.1 Å². The van der Waals surface area contributed by atoms with Crippen molar-refractivity contribution in [2.75, 3.05) is 39.8 Å². The largest absolute Gasteiger partial charge is 0.355 e. The third-order valence-corrected chi connectivity index (χ3v) is 5.33. The van der Waals surface area contributed by atoms with Crippen molar-refractivity contribution < 1.29 is 0 Å². The summed E-state index contributed by atoms with van der Waals surface area (Å²) < 4.78 is 1.88. The van der Waals surface area contributed by atoms with Crippen LogP contribution in [0, 0.1) is 5.92 Å². The van der Waals surface area contributed by atoms with Crippen molar-refractivity contribution in [1.82, 2.24) is 24.9 Å². The number of hydrogen-bond donors (Lipinski definition) is 1. The van der Waals surface area contributed by atoms with E-state index in [0.717, 1.165) is 45.1 Å². The smallest absolute Gasteiger partial charge is 0.193 e. The molecule has 1 fully saturated rings. The van der Waals surface area contributed by atoms with Crippen molar-refractivity contribution in [3.63, 3.8) is 0 Å². The minimum absolute atomic E-state index is 0. The highest BCUT2D eigenvalue weighted by Gasteiger charge is 2.28. The van der Waals surface area contributed by atoms with Crippen molar-refractivity contribution in [2.24, 2.45) is 18.0 Å². The summed E-state index contributed by atoms with van der Waals surface area (Å²) in [6.45, 7) is 16.9. The summed E-state index contributed by atoms with van der Waals surface area (Å²) in [5.41, 5.74) is 1.32. The molecule has 2 heterocycles. The molecule has 6 nitrogen and oxygen atoms in total. The van der Waals surface area contributed by atoms with Crippen LogP contribution in [0.5, 0.6) is 0 Å². The summed E-state index contributed by atoms with van der Waals surface area (Å²) in [5, 5.41) is 7.93. The lowest BCUT2D eigenvalue weighted by molar-refractivity contribution is 0.189. The van der Waals surface area contributed by atoms with E-state index >= 15 is 0 Å². The Morgan fingerprint density at radius 2 is 2.07 bits per heavy atom. The number of guanidine groups is 1. The van der Waals surface area contributed by atoms with Crippen molar-refractivity contribution in [1.29, 1.82) is 0 Å². The highest BCUT2D eigenvalue weighted by Crippen LogP contribution is 2.26. The summed E-state index contributed by atoms with van der Waals surface area (Å²) in [5.74, 6) is 2.04. The van der Waals surface area contributed by atoms with Crippen LogP contribution < -0.4 is 5.32 Å². The number of aryl methyl sites for hydroxylation is 1. The maximum absolute atomic E-state index is 4.54. The first-order valence-electron chi connectivity index (χ1n) is 9.90. The summed E-state index contributed by atoms with van der Waals surface area (Å²) in [6, 6.07) is 0.398. The molecule has 1 aromatic heterocycles. The van der Waals surface area contributed by atoms with E-state index < -0.39 is 0 Å². The molecule has 0 radical (unpaired) electrons. The van der Waals surface area contributed by atoms with E-state index in [1.54, 1.807) is 0 Å². The quantitative estimate of drug-likeness (QED) is 0.245. The molecule has 1 saturated heterocycles. The van der Waals surface area contributed by atoms with Gasteiger partial charge in [0.1, 0.15) is 0 Å². The normalized spacial score (nSPS) is 18.3. The van der Waals surface area contributed by atoms with Crippen LogP contribution in [0.4, 0.5) is 0 Å². The lowest BCUT2D eigenvalue weighted by Crippen LogP contribution is -2.50. The van der Waals surface area contributed by atoms with Gasteiger partial charge >= 0.3 is 0 Å². The van der Waals surface area contributed by atoms with E-state index in [-0.39, 0.29) is 24.0 Å². The number of likely N-dealkylation sites (tertiary alicyclic amines) is 1. The molecular formula is C21H37IN6. The van der Waals surface area contributed by atoms with Gasteiger partial charge in [0.2, 0.25) is 0 Å². The van der Waals surface area contributed by atoms with Gasteiger partial charge in [0, 0.05) is 65.0 Å². The van der Waals surface area contributed by atoms with Gasteiger partial charge in [-0.3, -0.25) is 14.6 Å². The lowest BCUT2D eigenvalue weighted by Gasteiger charge is -2.34. The molecule has 0 saturated carbocycles. The number of aromatic nitrogens is 2. The Balaban J connectivity index is 0.00000392. The topological polar surface area (TPSA) is 48.7 Å².